The van der Waals surface area contributed by atoms with E-state index in [0.29, 0.717) is 0 Å². The Hall–Kier alpha value is 2.09. The summed E-state index contributed by atoms with van der Waals surface area (Å²) in [4.78, 5) is 0. The summed E-state index contributed by atoms with van der Waals surface area (Å²) in [5.74, 6) is 0. The molecule has 0 aliphatic carbocycles. The summed E-state index contributed by atoms with van der Waals surface area (Å²) in [6.07, 6.45) is 0. The van der Waals surface area contributed by atoms with Crippen LogP contribution in [-0.4, -0.2) is 7.92 Å². The molecular formula is H4Cl4N5P3. The maximum atomic E-state index is 5.79. The van der Waals surface area contributed by atoms with Gasteiger partial charge >= 0.3 is 0 Å². The van der Waals surface area contributed by atoms with E-state index in [0.717, 1.165) is 7.92 Å². The zero-order chi connectivity index (χ0) is 9.52. The Morgan fingerprint density at radius 3 is 2.25 bits per heavy atom. The van der Waals surface area contributed by atoms with Gasteiger partial charge in [-0.2, -0.15) is 0 Å². The molecule has 2 atom stereocenters. The molecular weight excluding hydrogens is 305 g/mol. The lowest BCUT2D eigenvalue weighted by Crippen LogP contribution is -2.21. The fourth-order valence-electron chi connectivity index (χ4n) is 0.424. The van der Waals surface area contributed by atoms with Crippen LogP contribution < -0.4 is 11.0 Å². The summed E-state index contributed by atoms with van der Waals surface area (Å²) in [6.45, 7) is 0. The van der Waals surface area contributed by atoms with E-state index in [-0.39, 0.29) is 0 Å². The molecule has 0 aromatic rings. The topological polar surface area (TPSA) is 70.9 Å². The second-order valence-electron chi connectivity index (χ2n) is 1.75. The molecule has 0 bridgehead atoms. The first-order chi connectivity index (χ1) is 5.36. The molecule has 1 rings (SSSR count). The van der Waals surface area contributed by atoms with E-state index in [2.05, 4.69) is 4.52 Å². The van der Waals surface area contributed by atoms with E-state index in [1.807, 2.05) is 0 Å². The smallest absolute Gasteiger partial charge is 0.211 e. The summed E-state index contributed by atoms with van der Waals surface area (Å²) < 4.78 is 6.03. The first kappa shape index (κ1) is 12.2. The average Bonchev–Trinajstić information content (AvgIpc) is 1.97. The Kier molecular flexibility index (Phi) is 4.36. The summed E-state index contributed by atoms with van der Waals surface area (Å²) >= 11 is 22.8. The number of hydrogen-bond donors (Lipinski definition) is 2. The molecule has 0 aromatic heterocycles. The van der Waals surface area contributed by atoms with Crippen LogP contribution in [-0.2, 0) is 0 Å². The molecule has 1 heterocycles. The molecule has 0 saturated heterocycles. The van der Waals surface area contributed by atoms with Crippen molar-refractivity contribution >= 4 is 68.7 Å². The zero-order valence-corrected chi connectivity index (χ0v) is 11.1. The van der Waals surface area contributed by atoms with Crippen molar-refractivity contribution in [1.29, 1.82) is 0 Å². The van der Waals surface area contributed by atoms with Gasteiger partial charge in [0.1, 0.15) is 0 Å². The van der Waals surface area contributed by atoms with Crippen molar-refractivity contribution < 1.29 is 0 Å². The van der Waals surface area contributed by atoms with Crippen molar-refractivity contribution in [3.8, 4) is 0 Å². The monoisotopic (exact) mass is 307 g/mol. The van der Waals surface area contributed by atoms with Crippen LogP contribution >= 0.6 is 68.7 Å². The van der Waals surface area contributed by atoms with Crippen LogP contribution in [0, 0.1) is 0 Å². The van der Waals surface area contributed by atoms with Gasteiger partial charge in [-0.25, -0.2) is 4.52 Å². The van der Waals surface area contributed by atoms with Gasteiger partial charge in [-0.05, 0) is 34.8 Å². The van der Waals surface area contributed by atoms with Gasteiger partial charge in [0.25, 0.3) is 0 Å². The number of halogens is 4. The molecule has 0 amide bonds. The molecule has 12 heavy (non-hydrogen) atoms. The van der Waals surface area contributed by atoms with Crippen LogP contribution in [0.4, 0.5) is 0 Å². The lowest BCUT2D eigenvalue weighted by atomic mass is 13.7. The van der Waals surface area contributed by atoms with Crippen molar-refractivity contribution in [3.05, 3.63) is 0 Å². The molecule has 0 spiro atoms. The highest BCUT2D eigenvalue weighted by Gasteiger charge is 2.39. The average molecular weight is 309 g/mol. The van der Waals surface area contributed by atoms with Crippen LogP contribution in [0.15, 0.2) is 4.52 Å². The predicted octanol–water partition coefficient (Wildman–Crippen LogP) is 3.71. The minimum absolute atomic E-state index is 1.05. The normalized spacial score (nSPS) is 37.8. The highest BCUT2D eigenvalue weighted by atomic mass is 35.7. The first-order valence-corrected chi connectivity index (χ1v) is 9.21. The van der Waals surface area contributed by atoms with E-state index in [4.69, 9.17) is 57.0 Å². The van der Waals surface area contributed by atoms with E-state index in [1.54, 1.807) is 0 Å². The van der Waals surface area contributed by atoms with Gasteiger partial charge in [-0.15, -0.1) is 7.92 Å². The minimum Gasteiger partial charge on any atom is -0.272 e. The van der Waals surface area contributed by atoms with Gasteiger partial charge < -0.3 is 0 Å². The van der Waals surface area contributed by atoms with Crippen molar-refractivity contribution in [2.75, 3.05) is 0 Å². The minimum atomic E-state index is -2.69. The van der Waals surface area contributed by atoms with Gasteiger partial charge in [0.15, 0.2) is 15.1 Å². The second kappa shape index (κ2) is 4.30. The fourth-order valence-corrected chi connectivity index (χ4v) is 9.52. The number of rotatable bonds is 0. The molecule has 5 nitrogen and oxygen atoms in total. The largest absolute Gasteiger partial charge is 0.272 e. The Balaban J connectivity index is 3.01. The van der Waals surface area contributed by atoms with Crippen LogP contribution in [0.3, 0.4) is 0 Å². The maximum absolute atomic E-state index is 5.79. The number of nitrogens with zero attached hydrogens (tertiary/aromatic N) is 3. The molecule has 0 radical (unpaired) electrons. The van der Waals surface area contributed by atoms with Crippen LogP contribution in [0.25, 0.3) is 0 Å². The molecule has 0 aromatic carbocycles. The highest BCUT2D eigenvalue weighted by molar-refractivity contribution is 8.01. The van der Waals surface area contributed by atoms with Crippen molar-refractivity contribution in [3.63, 3.8) is 0 Å². The zero-order valence-electron chi connectivity index (χ0n) is 5.35. The SMILES string of the molecule is NP1(N)=NP(Cl)N(Cl)P(Cl)N1Cl. The molecule has 0 saturated carbocycles. The van der Waals surface area contributed by atoms with Crippen LogP contribution in [0.2, 0.25) is 0 Å². The van der Waals surface area contributed by atoms with Crippen LogP contribution in [0.5, 0.6) is 0 Å². The van der Waals surface area contributed by atoms with E-state index < -0.39 is 22.7 Å². The third kappa shape index (κ3) is 2.36. The quantitative estimate of drug-likeness (QED) is 0.528. The lowest BCUT2D eigenvalue weighted by molar-refractivity contribution is 1.02. The Morgan fingerprint density at radius 2 is 1.75 bits per heavy atom. The lowest BCUT2D eigenvalue weighted by Gasteiger charge is -2.35. The van der Waals surface area contributed by atoms with E-state index >= 15 is 0 Å². The van der Waals surface area contributed by atoms with Gasteiger partial charge in [0, 0.05) is 0 Å². The van der Waals surface area contributed by atoms with Crippen molar-refractivity contribution in [2.24, 2.45) is 15.5 Å². The standard InChI is InChI=1S/Cl4H4N5P3/c1-8-10(3)7-12(5,6)9(2)11(8)4/h5-6H2. The third-order valence-electron chi connectivity index (χ3n) is 0.890. The first-order valence-electron chi connectivity index (χ1n) is 2.39. The molecule has 4 N–H and O–H groups in total. The summed E-state index contributed by atoms with van der Waals surface area (Å²) in [6, 6.07) is 0. The highest BCUT2D eigenvalue weighted by Crippen LogP contribution is 2.77. The van der Waals surface area contributed by atoms with Crippen molar-refractivity contribution in [1.82, 2.24) is 7.92 Å². The summed E-state index contributed by atoms with van der Waals surface area (Å²) in [5, 5.41) is 0. The van der Waals surface area contributed by atoms with Gasteiger partial charge in [-0.1, -0.05) is 11.2 Å². The second-order valence-corrected chi connectivity index (χ2v) is 10.5. The Bertz CT molecular complexity index is 225. The summed E-state index contributed by atoms with van der Waals surface area (Å²) in [5.41, 5.74) is 11.1. The molecule has 12 heteroatoms. The van der Waals surface area contributed by atoms with Crippen molar-refractivity contribution in [2.45, 2.75) is 0 Å². The maximum Gasteiger partial charge on any atom is 0.211 e. The molecule has 1 aliphatic heterocycles. The Morgan fingerprint density at radius 1 is 1.25 bits per heavy atom. The van der Waals surface area contributed by atoms with E-state index in [1.165, 1.54) is 0 Å². The van der Waals surface area contributed by atoms with Crippen LogP contribution in [0.1, 0.15) is 0 Å². The molecule has 72 valence electrons. The number of hydrogen-bond acceptors (Lipinski definition) is 5. The molecule has 2 unspecified atom stereocenters. The number of nitrogens with two attached hydrogens (primary N) is 2. The van der Waals surface area contributed by atoms with Gasteiger partial charge in [0.2, 0.25) is 7.58 Å². The summed E-state index contributed by atoms with van der Waals surface area (Å²) in [7, 11) is -5.60. The van der Waals surface area contributed by atoms with Gasteiger partial charge in [-0.3, -0.25) is 11.0 Å². The fraction of sp³-hybridized carbons (Fsp3) is 0. The van der Waals surface area contributed by atoms with Gasteiger partial charge in [0.05, 0.1) is 0 Å². The molecule has 0 fully saturated rings. The molecule has 1 aliphatic rings. The Labute approximate surface area is 92.0 Å². The van der Waals surface area contributed by atoms with E-state index in [9.17, 15) is 0 Å². The predicted molar refractivity (Wildman–Crippen MR) is 58.7 cm³/mol. The third-order valence-corrected chi connectivity index (χ3v) is 12.0.